The summed E-state index contributed by atoms with van der Waals surface area (Å²) >= 11 is 1.74. The fourth-order valence-electron chi connectivity index (χ4n) is 3.77. The molecule has 2 aliphatic heterocycles. The van der Waals surface area contributed by atoms with E-state index in [1.54, 1.807) is 18.9 Å². The average molecular weight is 343 g/mol. The van der Waals surface area contributed by atoms with Crippen LogP contribution in [0.25, 0.3) is 0 Å². The monoisotopic (exact) mass is 342 g/mol. The van der Waals surface area contributed by atoms with Crippen LogP contribution in [-0.4, -0.2) is 44.4 Å². The lowest BCUT2D eigenvalue weighted by molar-refractivity contribution is 0.194. The molecule has 3 rings (SSSR count). The lowest BCUT2D eigenvalue weighted by atomic mass is 9.78. The fraction of sp³-hybridized carbons (Fsp3) is 0.647. The van der Waals surface area contributed by atoms with Crippen molar-refractivity contribution in [3.05, 3.63) is 23.8 Å². The van der Waals surface area contributed by atoms with E-state index in [4.69, 9.17) is 4.74 Å². The van der Waals surface area contributed by atoms with E-state index >= 15 is 0 Å². The van der Waals surface area contributed by atoms with E-state index in [0.717, 1.165) is 12.3 Å². The molecule has 0 aromatic heterocycles. The highest BCUT2D eigenvalue weighted by molar-refractivity contribution is 7.98. The quantitative estimate of drug-likeness (QED) is 0.847. The molecule has 0 atom stereocenters. The van der Waals surface area contributed by atoms with Gasteiger partial charge in [0.2, 0.25) is 0 Å². The molecule has 124 valence electrons. The highest BCUT2D eigenvalue weighted by atomic mass is 35.5. The number of nitrogens with one attached hydrogen (secondary N) is 1. The summed E-state index contributed by atoms with van der Waals surface area (Å²) in [4.78, 5) is 3.84. The van der Waals surface area contributed by atoms with E-state index in [1.807, 2.05) is 0 Å². The molecule has 1 aromatic carbocycles. The van der Waals surface area contributed by atoms with Gasteiger partial charge in [-0.1, -0.05) is 6.07 Å². The van der Waals surface area contributed by atoms with E-state index in [2.05, 4.69) is 34.7 Å². The summed E-state index contributed by atoms with van der Waals surface area (Å²) in [5.41, 5.74) is 1.96. The van der Waals surface area contributed by atoms with Crippen LogP contribution in [0.1, 0.15) is 24.8 Å². The summed E-state index contributed by atoms with van der Waals surface area (Å²) in [6.07, 6.45) is 6.16. The first-order valence-corrected chi connectivity index (χ1v) is 9.11. The number of piperidine rings is 1. The lowest BCUT2D eigenvalue weighted by Crippen LogP contribution is -2.38. The van der Waals surface area contributed by atoms with Gasteiger partial charge in [-0.25, -0.2) is 0 Å². The van der Waals surface area contributed by atoms with Crippen LogP contribution in [0, 0.1) is 5.41 Å². The topological polar surface area (TPSA) is 24.5 Å². The molecular formula is C17H27ClN2OS. The van der Waals surface area contributed by atoms with Gasteiger partial charge in [-0.2, -0.15) is 0 Å². The maximum atomic E-state index is 5.50. The minimum Gasteiger partial charge on any atom is -0.496 e. The van der Waals surface area contributed by atoms with Gasteiger partial charge in [-0.3, -0.25) is 4.90 Å². The van der Waals surface area contributed by atoms with E-state index in [-0.39, 0.29) is 12.4 Å². The number of benzene rings is 1. The van der Waals surface area contributed by atoms with Crippen molar-refractivity contribution in [3.63, 3.8) is 0 Å². The highest BCUT2D eigenvalue weighted by Crippen LogP contribution is 2.39. The predicted octanol–water partition coefficient (Wildman–Crippen LogP) is 3.41. The van der Waals surface area contributed by atoms with Crippen molar-refractivity contribution in [2.45, 2.75) is 30.7 Å². The molecule has 1 N–H and O–H groups in total. The van der Waals surface area contributed by atoms with Crippen molar-refractivity contribution in [1.82, 2.24) is 10.2 Å². The molecule has 5 heteroatoms. The Hall–Kier alpha value is -0.420. The summed E-state index contributed by atoms with van der Waals surface area (Å²) in [6, 6.07) is 6.65. The van der Waals surface area contributed by atoms with Crippen molar-refractivity contribution in [2.75, 3.05) is 39.5 Å². The van der Waals surface area contributed by atoms with Crippen LogP contribution in [-0.2, 0) is 6.54 Å². The van der Waals surface area contributed by atoms with E-state index in [9.17, 15) is 0 Å². The number of likely N-dealkylation sites (tertiary alicyclic amines) is 1. The SMILES string of the molecule is COc1cc(CN2CCC3(CCNCC3)C2)ccc1SC.Cl. The third-order valence-electron chi connectivity index (χ3n) is 5.04. The summed E-state index contributed by atoms with van der Waals surface area (Å²) in [6.45, 7) is 5.96. The molecule has 1 spiro atoms. The van der Waals surface area contributed by atoms with Crippen molar-refractivity contribution in [1.29, 1.82) is 0 Å². The van der Waals surface area contributed by atoms with Crippen molar-refractivity contribution in [2.24, 2.45) is 5.41 Å². The minimum absolute atomic E-state index is 0. The molecule has 2 saturated heterocycles. The van der Waals surface area contributed by atoms with Crippen molar-refractivity contribution >= 4 is 24.2 Å². The Kier molecular flexibility index (Phi) is 6.45. The van der Waals surface area contributed by atoms with Gasteiger partial charge in [0.1, 0.15) is 5.75 Å². The largest absolute Gasteiger partial charge is 0.496 e. The fourth-order valence-corrected chi connectivity index (χ4v) is 4.31. The smallest absolute Gasteiger partial charge is 0.132 e. The van der Waals surface area contributed by atoms with E-state index in [1.165, 1.54) is 55.9 Å². The van der Waals surface area contributed by atoms with Gasteiger partial charge >= 0.3 is 0 Å². The number of ether oxygens (including phenoxy) is 1. The zero-order valence-corrected chi connectivity index (χ0v) is 15.2. The summed E-state index contributed by atoms with van der Waals surface area (Å²) < 4.78 is 5.50. The van der Waals surface area contributed by atoms with Crippen LogP contribution >= 0.6 is 24.2 Å². The second kappa shape index (κ2) is 7.91. The highest BCUT2D eigenvalue weighted by Gasteiger charge is 2.38. The molecule has 2 fully saturated rings. The molecule has 3 nitrogen and oxygen atoms in total. The van der Waals surface area contributed by atoms with Gasteiger partial charge in [0, 0.05) is 18.0 Å². The van der Waals surface area contributed by atoms with Gasteiger partial charge < -0.3 is 10.1 Å². The van der Waals surface area contributed by atoms with E-state index in [0.29, 0.717) is 5.41 Å². The third kappa shape index (κ3) is 3.91. The van der Waals surface area contributed by atoms with Crippen molar-refractivity contribution < 1.29 is 4.74 Å². The van der Waals surface area contributed by atoms with Gasteiger partial charge in [-0.05, 0) is 68.3 Å². The van der Waals surface area contributed by atoms with Crippen LogP contribution in [0.2, 0.25) is 0 Å². The summed E-state index contributed by atoms with van der Waals surface area (Å²) in [5.74, 6) is 1.01. The first kappa shape index (κ1) is 17.9. The number of thioether (sulfide) groups is 1. The minimum atomic E-state index is 0. The number of methoxy groups -OCH3 is 1. The molecule has 0 unspecified atom stereocenters. The molecule has 0 amide bonds. The number of nitrogens with zero attached hydrogens (tertiary/aromatic N) is 1. The molecule has 0 aliphatic carbocycles. The predicted molar refractivity (Wildman–Crippen MR) is 96.5 cm³/mol. The molecule has 2 heterocycles. The second-order valence-corrected chi connectivity index (χ2v) is 7.25. The van der Waals surface area contributed by atoms with Gasteiger partial charge in [0.05, 0.1) is 7.11 Å². The number of hydrogen-bond acceptors (Lipinski definition) is 4. The van der Waals surface area contributed by atoms with Gasteiger partial charge in [0.25, 0.3) is 0 Å². The van der Waals surface area contributed by atoms with Crippen LogP contribution < -0.4 is 10.1 Å². The van der Waals surface area contributed by atoms with Crippen LogP contribution in [0.15, 0.2) is 23.1 Å². The average Bonchev–Trinajstić information content (AvgIpc) is 2.90. The maximum Gasteiger partial charge on any atom is 0.132 e. The molecular weight excluding hydrogens is 316 g/mol. The van der Waals surface area contributed by atoms with E-state index < -0.39 is 0 Å². The Balaban J connectivity index is 0.00000176. The standard InChI is InChI=1S/C17H26N2OS.ClH/c1-20-15-11-14(3-4-16(15)21-2)12-19-10-7-17(13-19)5-8-18-9-6-17;/h3-4,11,18H,5-10,12-13H2,1-2H3;1H. The van der Waals surface area contributed by atoms with Crippen LogP contribution in [0.5, 0.6) is 5.75 Å². The molecule has 0 bridgehead atoms. The second-order valence-electron chi connectivity index (χ2n) is 6.40. The Labute approximate surface area is 144 Å². The normalized spacial score (nSPS) is 20.8. The first-order chi connectivity index (χ1) is 10.2. The lowest BCUT2D eigenvalue weighted by Gasteiger charge is -2.34. The van der Waals surface area contributed by atoms with Crippen LogP contribution in [0.3, 0.4) is 0 Å². The Morgan fingerprint density at radius 1 is 1.27 bits per heavy atom. The number of halogens is 1. The van der Waals surface area contributed by atoms with Gasteiger partial charge in [0.15, 0.2) is 0 Å². The van der Waals surface area contributed by atoms with Crippen LogP contribution in [0.4, 0.5) is 0 Å². The number of rotatable bonds is 4. The molecule has 0 radical (unpaired) electrons. The maximum absolute atomic E-state index is 5.50. The number of hydrogen-bond donors (Lipinski definition) is 1. The molecule has 0 saturated carbocycles. The summed E-state index contributed by atoms with van der Waals surface area (Å²) in [5, 5.41) is 3.49. The Bertz CT molecular complexity index is 492. The molecule has 22 heavy (non-hydrogen) atoms. The molecule has 2 aliphatic rings. The third-order valence-corrected chi connectivity index (χ3v) is 5.81. The summed E-state index contributed by atoms with van der Waals surface area (Å²) in [7, 11) is 1.76. The molecule has 1 aromatic rings. The zero-order chi connectivity index (χ0) is 14.7. The Morgan fingerprint density at radius 2 is 2.05 bits per heavy atom. The first-order valence-electron chi connectivity index (χ1n) is 7.89. The van der Waals surface area contributed by atoms with Crippen molar-refractivity contribution in [3.8, 4) is 5.75 Å². The Morgan fingerprint density at radius 3 is 2.73 bits per heavy atom. The van der Waals surface area contributed by atoms with Gasteiger partial charge in [-0.15, -0.1) is 24.2 Å². The zero-order valence-electron chi connectivity index (χ0n) is 13.6.